The summed E-state index contributed by atoms with van der Waals surface area (Å²) in [6.07, 6.45) is 1.44. The summed E-state index contributed by atoms with van der Waals surface area (Å²) in [5.41, 5.74) is 7.17. The zero-order chi connectivity index (χ0) is 24.9. The molecule has 1 aromatic heterocycles. The number of hydrogen-bond acceptors (Lipinski definition) is 4. The van der Waals surface area contributed by atoms with Gasteiger partial charge in [-0.2, -0.15) is 4.98 Å². The maximum Gasteiger partial charge on any atom is 0.244 e. The molecule has 2 N–H and O–H groups in total. The molecule has 0 bridgehead atoms. The van der Waals surface area contributed by atoms with Gasteiger partial charge >= 0.3 is 0 Å². The van der Waals surface area contributed by atoms with Crippen LogP contribution in [-0.2, 0) is 16.6 Å². The third kappa shape index (κ3) is 4.00. The van der Waals surface area contributed by atoms with Gasteiger partial charge in [0, 0.05) is 12.3 Å². The Morgan fingerprint density at radius 3 is 2.34 bits per heavy atom. The number of rotatable bonds is 4. The van der Waals surface area contributed by atoms with Crippen LogP contribution in [0.2, 0.25) is 5.02 Å². The standard InChI is InChI=1S/C26H18ClF3N4O/c1-26(13-14-8-17(28)12-18(29)9-14)19-10-15(16-2-4-20(27)21(30)11-16)3-5-22(19)34(24(26)35)25-32-7-6-23(31)33-25/h2-12H,13H2,1H3,(H2,31,32,33). The van der Waals surface area contributed by atoms with Gasteiger partial charge in [0.15, 0.2) is 0 Å². The average Bonchev–Trinajstić information content (AvgIpc) is 3.01. The average molecular weight is 495 g/mol. The molecule has 0 spiro atoms. The number of fused-ring (bicyclic) bond motifs is 1. The van der Waals surface area contributed by atoms with Gasteiger partial charge in [-0.1, -0.05) is 23.7 Å². The first-order valence-corrected chi connectivity index (χ1v) is 11.0. The Hall–Kier alpha value is -3.91. The summed E-state index contributed by atoms with van der Waals surface area (Å²) in [6.45, 7) is 1.69. The summed E-state index contributed by atoms with van der Waals surface area (Å²) in [5, 5.41) is -0.00644. The van der Waals surface area contributed by atoms with Crippen molar-refractivity contribution in [2.45, 2.75) is 18.8 Å². The summed E-state index contributed by atoms with van der Waals surface area (Å²) in [5.74, 6) is -2.18. The number of nitrogen functional groups attached to an aromatic ring is 1. The zero-order valence-electron chi connectivity index (χ0n) is 18.4. The minimum absolute atomic E-state index is 0.00472. The molecule has 0 radical (unpaired) electrons. The molecule has 0 saturated carbocycles. The Kier molecular flexibility index (Phi) is 5.48. The topological polar surface area (TPSA) is 72.1 Å². The summed E-state index contributed by atoms with van der Waals surface area (Å²) in [6, 6.07) is 14.3. The van der Waals surface area contributed by atoms with E-state index in [0.29, 0.717) is 27.9 Å². The van der Waals surface area contributed by atoms with E-state index in [4.69, 9.17) is 17.3 Å². The molecular formula is C26H18ClF3N4O. The molecule has 3 aromatic carbocycles. The van der Waals surface area contributed by atoms with E-state index >= 15 is 0 Å². The second-order valence-electron chi connectivity index (χ2n) is 8.57. The largest absolute Gasteiger partial charge is 0.384 e. The Balaban J connectivity index is 1.69. The molecule has 4 aromatic rings. The van der Waals surface area contributed by atoms with Crippen LogP contribution < -0.4 is 10.6 Å². The minimum Gasteiger partial charge on any atom is -0.384 e. The molecule has 1 aliphatic rings. The molecule has 1 amide bonds. The van der Waals surface area contributed by atoms with Crippen LogP contribution in [0.5, 0.6) is 0 Å². The van der Waals surface area contributed by atoms with Gasteiger partial charge in [0.2, 0.25) is 11.9 Å². The molecule has 5 nitrogen and oxygen atoms in total. The second kappa shape index (κ2) is 8.39. The van der Waals surface area contributed by atoms with Gasteiger partial charge in [0.05, 0.1) is 16.1 Å². The van der Waals surface area contributed by atoms with E-state index in [9.17, 15) is 18.0 Å². The van der Waals surface area contributed by atoms with Gasteiger partial charge in [-0.15, -0.1) is 0 Å². The summed E-state index contributed by atoms with van der Waals surface area (Å²) in [4.78, 5) is 23.6. The normalized spacial score (nSPS) is 17.1. The number of carbonyl (C=O) groups is 1. The number of nitrogens with two attached hydrogens (primary N) is 1. The number of nitrogens with zero attached hydrogens (tertiary/aromatic N) is 3. The van der Waals surface area contributed by atoms with Crippen molar-refractivity contribution in [1.29, 1.82) is 0 Å². The number of hydrogen-bond donors (Lipinski definition) is 1. The van der Waals surface area contributed by atoms with Crippen molar-refractivity contribution in [3.63, 3.8) is 0 Å². The van der Waals surface area contributed by atoms with Crippen LogP contribution in [-0.4, -0.2) is 15.9 Å². The van der Waals surface area contributed by atoms with Crippen molar-refractivity contribution >= 4 is 35.0 Å². The van der Waals surface area contributed by atoms with E-state index in [1.807, 2.05) is 0 Å². The van der Waals surface area contributed by atoms with E-state index < -0.39 is 22.9 Å². The molecule has 0 aliphatic carbocycles. The molecule has 1 aliphatic heterocycles. The van der Waals surface area contributed by atoms with Gasteiger partial charge in [0.1, 0.15) is 23.3 Å². The zero-order valence-corrected chi connectivity index (χ0v) is 19.2. The molecule has 2 heterocycles. The molecule has 5 rings (SSSR count). The fraction of sp³-hybridized carbons (Fsp3) is 0.115. The highest BCUT2D eigenvalue weighted by atomic mass is 35.5. The van der Waals surface area contributed by atoms with E-state index in [-0.39, 0.29) is 29.1 Å². The number of benzene rings is 3. The van der Waals surface area contributed by atoms with Gasteiger partial charge in [-0.25, -0.2) is 23.1 Å². The van der Waals surface area contributed by atoms with Crippen LogP contribution in [0.15, 0.2) is 66.9 Å². The lowest BCUT2D eigenvalue weighted by atomic mass is 9.77. The van der Waals surface area contributed by atoms with Crippen molar-refractivity contribution < 1.29 is 18.0 Å². The fourth-order valence-corrected chi connectivity index (χ4v) is 4.58. The summed E-state index contributed by atoms with van der Waals surface area (Å²) < 4.78 is 42.0. The molecular weight excluding hydrogens is 477 g/mol. The maximum atomic E-state index is 14.1. The highest BCUT2D eigenvalue weighted by Gasteiger charge is 2.49. The molecule has 35 heavy (non-hydrogen) atoms. The van der Waals surface area contributed by atoms with Crippen molar-refractivity contribution in [1.82, 2.24) is 9.97 Å². The fourth-order valence-electron chi connectivity index (χ4n) is 4.46. The quantitative estimate of drug-likeness (QED) is 0.379. The van der Waals surface area contributed by atoms with Crippen LogP contribution in [0, 0.1) is 17.5 Å². The highest BCUT2D eigenvalue weighted by molar-refractivity contribution is 6.30. The third-order valence-corrected chi connectivity index (χ3v) is 6.41. The lowest BCUT2D eigenvalue weighted by molar-refractivity contribution is -0.122. The molecule has 0 fully saturated rings. The van der Waals surface area contributed by atoms with Crippen LogP contribution in [0.1, 0.15) is 18.1 Å². The van der Waals surface area contributed by atoms with Gasteiger partial charge in [-0.3, -0.25) is 4.79 Å². The smallest absolute Gasteiger partial charge is 0.244 e. The Morgan fingerprint density at radius 2 is 1.66 bits per heavy atom. The first-order valence-electron chi connectivity index (χ1n) is 10.6. The highest BCUT2D eigenvalue weighted by Crippen LogP contribution is 2.48. The monoisotopic (exact) mass is 494 g/mol. The molecule has 176 valence electrons. The Morgan fingerprint density at radius 1 is 0.971 bits per heavy atom. The van der Waals surface area contributed by atoms with Crippen molar-refractivity contribution in [2.24, 2.45) is 0 Å². The van der Waals surface area contributed by atoms with E-state index in [1.165, 1.54) is 41.4 Å². The molecule has 1 unspecified atom stereocenters. The SMILES string of the molecule is CC1(Cc2cc(F)cc(F)c2)C(=O)N(c2nccc(N)n2)c2ccc(-c3ccc(Cl)c(F)c3)cc21. The van der Waals surface area contributed by atoms with Gasteiger partial charge in [-0.05, 0) is 78.1 Å². The minimum atomic E-state index is -1.23. The van der Waals surface area contributed by atoms with Crippen LogP contribution >= 0.6 is 11.6 Å². The van der Waals surface area contributed by atoms with Crippen LogP contribution in [0.4, 0.5) is 30.6 Å². The van der Waals surface area contributed by atoms with Crippen molar-refractivity contribution in [2.75, 3.05) is 10.6 Å². The first kappa shape index (κ1) is 22.9. The maximum absolute atomic E-state index is 14.1. The number of amides is 1. The Labute approximate surface area is 204 Å². The van der Waals surface area contributed by atoms with Crippen molar-refractivity contribution in [3.05, 3.63) is 100 Å². The number of halogens is 4. The van der Waals surface area contributed by atoms with E-state index in [1.54, 1.807) is 31.2 Å². The van der Waals surface area contributed by atoms with Gasteiger partial charge in [0.25, 0.3) is 0 Å². The van der Waals surface area contributed by atoms with E-state index in [0.717, 1.165) is 6.07 Å². The van der Waals surface area contributed by atoms with Gasteiger partial charge < -0.3 is 5.73 Å². The number of anilines is 3. The molecule has 9 heteroatoms. The lowest BCUT2D eigenvalue weighted by Gasteiger charge is -2.24. The first-order chi connectivity index (χ1) is 16.7. The molecule has 0 saturated heterocycles. The summed E-state index contributed by atoms with van der Waals surface area (Å²) >= 11 is 5.83. The second-order valence-corrected chi connectivity index (χ2v) is 8.98. The third-order valence-electron chi connectivity index (χ3n) is 6.10. The molecule has 1 atom stereocenters. The number of carbonyl (C=O) groups excluding carboxylic acids is 1. The lowest BCUT2D eigenvalue weighted by Crippen LogP contribution is -2.38. The van der Waals surface area contributed by atoms with Crippen LogP contribution in [0.25, 0.3) is 11.1 Å². The number of aromatic nitrogens is 2. The summed E-state index contributed by atoms with van der Waals surface area (Å²) in [7, 11) is 0. The van der Waals surface area contributed by atoms with Crippen LogP contribution in [0.3, 0.4) is 0 Å². The Bertz CT molecular complexity index is 1480. The van der Waals surface area contributed by atoms with E-state index in [2.05, 4.69) is 9.97 Å². The predicted octanol–water partition coefficient (Wildman–Crippen LogP) is 5.98. The van der Waals surface area contributed by atoms with Crippen molar-refractivity contribution in [3.8, 4) is 11.1 Å². The predicted molar refractivity (Wildman–Crippen MR) is 128 cm³/mol.